The van der Waals surface area contributed by atoms with Crippen LogP contribution in [0.5, 0.6) is 0 Å². The Morgan fingerprint density at radius 3 is 2.62 bits per heavy atom. The monoisotopic (exact) mass is 291 g/mol. The Balaban J connectivity index is 2.78. The fourth-order valence-corrected chi connectivity index (χ4v) is 1.28. The maximum atomic E-state index is 13.2. The highest BCUT2D eigenvalue weighted by Gasteiger charge is 2.09. The molecule has 0 aliphatic heterocycles. The van der Waals surface area contributed by atoms with Gasteiger partial charge < -0.3 is 10.4 Å². The van der Waals surface area contributed by atoms with Crippen molar-refractivity contribution in [1.29, 1.82) is 0 Å². The number of halogens is 3. The van der Waals surface area contributed by atoms with E-state index in [4.69, 9.17) is 5.11 Å². The molecular weight excluding hydrogens is 284 g/mol. The van der Waals surface area contributed by atoms with Crippen LogP contribution in [0.15, 0.2) is 28.8 Å². The van der Waals surface area contributed by atoms with Gasteiger partial charge in [0.2, 0.25) is 0 Å². The van der Waals surface area contributed by atoms with Gasteiger partial charge in [0.25, 0.3) is 0 Å². The van der Waals surface area contributed by atoms with Gasteiger partial charge in [0.1, 0.15) is 11.6 Å². The Labute approximate surface area is 98.9 Å². The number of nitrogens with one attached hydrogen (secondary N) is 1. The van der Waals surface area contributed by atoms with Crippen LogP contribution >= 0.6 is 15.9 Å². The van der Waals surface area contributed by atoms with E-state index in [0.717, 1.165) is 0 Å². The zero-order valence-corrected chi connectivity index (χ0v) is 9.64. The number of aliphatic carboxylic acids is 1. The highest BCUT2D eigenvalue weighted by molar-refractivity contribution is 9.10. The van der Waals surface area contributed by atoms with Crippen LogP contribution in [-0.4, -0.2) is 17.6 Å². The summed E-state index contributed by atoms with van der Waals surface area (Å²) < 4.78 is 26.1. The summed E-state index contributed by atoms with van der Waals surface area (Å²) in [5, 5.41) is 11.0. The van der Waals surface area contributed by atoms with Crippen molar-refractivity contribution in [2.45, 2.75) is 0 Å². The third-order valence-corrected chi connectivity index (χ3v) is 2.41. The Bertz CT molecular complexity index is 449. The normalized spacial score (nSPS) is 9.94. The first-order valence-corrected chi connectivity index (χ1v) is 5.00. The van der Waals surface area contributed by atoms with Crippen LogP contribution in [0.25, 0.3) is 0 Å². The average molecular weight is 292 g/mol. The molecule has 0 fully saturated rings. The zero-order chi connectivity index (χ0) is 12.3. The lowest BCUT2D eigenvalue weighted by molar-refractivity contribution is -0.132. The van der Waals surface area contributed by atoms with E-state index in [1.54, 1.807) is 0 Å². The predicted molar refractivity (Wildman–Crippen MR) is 59.3 cm³/mol. The van der Waals surface area contributed by atoms with E-state index < -0.39 is 17.6 Å². The van der Waals surface area contributed by atoms with Crippen molar-refractivity contribution in [2.75, 3.05) is 11.9 Å². The molecule has 1 aromatic carbocycles. The fourth-order valence-electron chi connectivity index (χ4n) is 0.936. The van der Waals surface area contributed by atoms with Crippen molar-refractivity contribution in [3.8, 4) is 0 Å². The van der Waals surface area contributed by atoms with Crippen LogP contribution in [0.2, 0.25) is 0 Å². The van der Waals surface area contributed by atoms with Crippen LogP contribution in [0.4, 0.5) is 14.5 Å². The lowest BCUT2D eigenvalue weighted by Gasteiger charge is -2.08. The molecule has 0 bridgehead atoms. The van der Waals surface area contributed by atoms with Gasteiger partial charge in [-0.05, 0) is 22.0 Å². The second-order valence-electron chi connectivity index (χ2n) is 3.01. The predicted octanol–water partition coefficient (Wildman–Crippen LogP) is 2.78. The molecule has 2 N–H and O–H groups in total. The van der Waals surface area contributed by atoms with Crippen LogP contribution in [0.1, 0.15) is 0 Å². The summed E-state index contributed by atoms with van der Waals surface area (Å²) in [5.41, 5.74) is -0.101. The van der Waals surface area contributed by atoms with Gasteiger partial charge in [0.15, 0.2) is 0 Å². The van der Waals surface area contributed by atoms with E-state index in [-0.39, 0.29) is 22.3 Å². The number of carbonyl (C=O) groups is 1. The topological polar surface area (TPSA) is 49.3 Å². The molecule has 1 rings (SSSR count). The van der Waals surface area contributed by atoms with Gasteiger partial charge in [-0.15, -0.1) is 0 Å². The molecule has 0 heterocycles. The minimum Gasteiger partial charge on any atom is -0.478 e. The van der Waals surface area contributed by atoms with Gasteiger partial charge in [-0.1, -0.05) is 6.58 Å². The molecule has 1 aromatic rings. The number of hydrogen-bond acceptors (Lipinski definition) is 2. The summed E-state index contributed by atoms with van der Waals surface area (Å²) in [6.45, 7) is 3.15. The zero-order valence-electron chi connectivity index (χ0n) is 8.06. The second kappa shape index (κ2) is 5.07. The van der Waals surface area contributed by atoms with Crippen molar-refractivity contribution < 1.29 is 18.7 Å². The highest BCUT2D eigenvalue weighted by atomic mass is 79.9. The average Bonchev–Trinajstić information content (AvgIpc) is 2.20. The molecule has 0 saturated carbocycles. The van der Waals surface area contributed by atoms with Crippen molar-refractivity contribution in [1.82, 2.24) is 0 Å². The van der Waals surface area contributed by atoms with E-state index in [1.165, 1.54) is 6.07 Å². The van der Waals surface area contributed by atoms with Crippen LogP contribution in [-0.2, 0) is 4.79 Å². The summed E-state index contributed by atoms with van der Waals surface area (Å²) in [6.07, 6.45) is 0. The summed E-state index contributed by atoms with van der Waals surface area (Å²) in [6, 6.07) is 1.90. The highest BCUT2D eigenvalue weighted by Crippen LogP contribution is 2.23. The lowest BCUT2D eigenvalue weighted by Crippen LogP contribution is -2.12. The molecule has 0 atom stereocenters. The molecule has 0 spiro atoms. The van der Waals surface area contributed by atoms with E-state index in [9.17, 15) is 13.6 Å². The van der Waals surface area contributed by atoms with Crippen molar-refractivity contribution >= 4 is 27.6 Å². The molecular formula is C10H8BrF2NO2. The van der Waals surface area contributed by atoms with Gasteiger partial charge in [0.05, 0.1) is 10.2 Å². The molecule has 6 heteroatoms. The standard InChI is InChI=1S/C10H8BrF2NO2/c1-5(10(15)16)4-14-9-2-6(11)7(12)3-8(9)13/h2-3,14H,1,4H2,(H,15,16). The van der Waals surface area contributed by atoms with E-state index in [2.05, 4.69) is 27.8 Å². The summed E-state index contributed by atoms with van der Waals surface area (Å²) in [4.78, 5) is 10.4. The molecule has 0 aliphatic rings. The molecule has 0 aromatic heterocycles. The Morgan fingerprint density at radius 1 is 1.44 bits per heavy atom. The maximum absolute atomic E-state index is 13.2. The quantitative estimate of drug-likeness (QED) is 0.662. The smallest absolute Gasteiger partial charge is 0.332 e. The van der Waals surface area contributed by atoms with E-state index in [1.807, 2.05) is 0 Å². The van der Waals surface area contributed by atoms with E-state index in [0.29, 0.717) is 6.07 Å². The molecule has 0 saturated heterocycles. The van der Waals surface area contributed by atoms with Crippen LogP contribution < -0.4 is 5.32 Å². The molecule has 0 unspecified atom stereocenters. The number of rotatable bonds is 4. The number of hydrogen-bond donors (Lipinski definition) is 2. The molecule has 3 nitrogen and oxygen atoms in total. The first-order valence-electron chi connectivity index (χ1n) is 4.21. The third-order valence-electron chi connectivity index (χ3n) is 1.80. The minimum absolute atomic E-state index is 0.00988. The molecule has 16 heavy (non-hydrogen) atoms. The van der Waals surface area contributed by atoms with Crippen molar-refractivity contribution in [3.05, 3.63) is 40.4 Å². The molecule has 0 radical (unpaired) electrons. The van der Waals surface area contributed by atoms with Gasteiger partial charge in [-0.3, -0.25) is 0 Å². The summed E-state index contributed by atoms with van der Waals surface area (Å²) in [5.74, 6) is -2.69. The lowest BCUT2D eigenvalue weighted by atomic mass is 10.2. The second-order valence-corrected chi connectivity index (χ2v) is 3.86. The Morgan fingerprint density at radius 2 is 2.06 bits per heavy atom. The number of carboxylic acid groups (broad SMARTS) is 1. The Kier molecular flexibility index (Phi) is 4.00. The van der Waals surface area contributed by atoms with Crippen molar-refractivity contribution in [2.24, 2.45) is 0 Å². The number of benzene rings is 1. The van der Waals surface area contributed by atoms with Gasteiger partial charge in [0, 0.05) is 18.2 Å². The first-order chi connectivity index (χ1) is 7.41. The summed E-state index contributed by atoms with van der Waals surface area (Å²) in [7, 11) is 0. The molecule has 0 amide bonds. The fraction of sp³-hybridized carbons (Fsp3) is 0.100. The van der Waals surface area contributed by atoms with Crippen LogP contribution in [0, 0.1) is 11.6 Å². The van der Waals surface area contributed by atoms with Gasteiger partial charge in [-0.25, -0.2) is 13.6 Å². The summed E-state index contributed by atoms with van der Waals surface area (Å²) >= 11 is 2.90. The minimum atomic E-state index is -1.17. The first kappa shape index (κ1) is 12.6. The maximum Gasteiger partial charge on any atom is 0.332 e. The van der Waals surface area contributed by atoms with Crippen LogP contribution in [0.3, 0.4) is 0 Å². The largest absolute Gasteiger partial charge is 0.478 e. The SMILES string of the molecule is C=C(CNc1cc(Br)c(F)cc1F)C(=O)O. The van der Waals surface area contributed by atoms with Gasteiger partial charge >= 0.3 is 5.97 Å². The van der Waals surface area contributed by atoms with Crippen molar-refractivity contribution in [3.63, 3.8) is 0 Å². The number of anilines is 1. The number of carboxylic acids is 1. The molecule has 0 aliphatic carbocycles. The molecule has 86 valence electrons. The Hall–Kier alpha value is -1.43. The van der Waals surface area contributed by atoms with E-state index >= 15 is 0 Å². The third kappa shape index (κ3) is 3.03. The van der Waals surface area contributed by atoms with Gasteiger partial charge in [-0.2, -0.15) is 0 Å².